The number of rotatable bonds is 2. The molecule has 242 valence electrons. The highest BCUT2D eigenvalue weighted by Gasteiger charge is 2.51. The van der Waals surface area contributed by atoms with Gasteiger partial charge in [-0.2, -0.15) is 4.98 Å². The fraction of sp³-hybridized carbons (Fsp3) is 0.500. The molecule has 3 saturated heterocycles. The molecule has 3 unspecified atom stereocenters. The number of ether oxygens (including phenoxy) is 3. The van der Waals surface area contributed by atoms with Gasteiger partial charge in [-0.15, -0.1) is 0 Å². The van der Waals surface area contributed by atoms with E-state index in [1.54, 1.807) is 10.6 Å². The lowest BCUT2D eigenvalue weighted by molar-refractivity contribution is -0.0630. The van der Waals surface area contributed by atoms with Gasteiger partial charge in [-0.25, -0.2) is 19.5 Å². The summed E-state index contributed by atoms with van der Waals surface area (Å²) >= 11 is 0. The van der Waals surface area contributed by atoms with E-state index in [0.717, 1.165) is 10.9 Å². The van der Waals surface area contributed by atoms with Crippen molar-refractivity contribution in [3.8, 4) is 0 Å². The van der Waals surface area contributed by atoms with Crippen LogP contribution in [0.2, 0.25) is 0 Å². The Balaban J connectivity index is 1.18. The zero-order chi connectivity index (χ0) is 31.7. The smallest absolute Gasteiger partial charge is 0.397 e. The maximum atomic E-state index is 13.2. The number of nitrogens with one attached hydrogen (secondary N) is 1. The predicted molar refractivity (Wildman–Crippen MR) is 149 cm³/mol. The van der Waals surface area contributed by atoms with E-state index >= 15 is 0 Å². The van der Waals surface area contributed by atoms with Gasteiger partial charge in [-0.3, -0.25) is 32.5 Å². The second-order valence-electron chi connectivity index (χ2n) is 10.5. The number of phosphoric acid groups is 1. The minimum absolute atomic E-state index is 0.0898. The van der Waals surface area contributed by atoms with Crippen LogP contribution in [0, 0.1) is 0 Å². The van der Waals surface area contributed by atoms with Gasteiger partial charge in [0.1, 0.15) is 42.5 Å². The summed E-state index contributed by atoms with van der Waals surface area (Å²) in [6.07, 6.45) is -5.50. The average Bonchev–Trinajstić information content (AvgIpc) is 3.75. The summed E-state index contributed by atoms with van der Waals surface area (Å²) in [7, 11) is -9.43. The van der Waals surface area contributed by atoms with Crippen LogP contribution in [0.3, 0.4) is 0 Å². The van der Waals surface area contributed by atoms with Crippen molar-refractivity contribution in [1.82, 2.24) is 34.1 Å². The Bertz CT molecular complexity index is 1920. The van der Waals surface area contributed by atoms with E-state index in [9.17, 15) is 28.8 Å². The third-order valence-electron chi connectivity index (χ3n) is 7.57. The molecule has 0 saturated carbocycles. The molecular weight excluding hydrogens is 644 g/mol. The number of aliphatic hydroxyl groups excluding tert-OH is 1. The largest absolute Gasteiger partial charge is 0.472 e. The predicted octanol–water partition coefficient (Wildman–Crippen LogP) is -0.665. The van der Waals surface area contributed by atoms with Crippen LogP contribution in [0.1, 0.15) is 18.9 Å². The first-order chi connectivity index (χ1) is 21.4. The first-order valence-electron chi connectivity index (χ1n) is 13.4. The molecule has 7 heterocycles. The molecule has 9 atom stereocenters. The van der Waals surface area contributed by atoms with E-state index < -0.39 is 83.5 Å². The van der Waals surface area contributed by atoms with Crippen molar-refractivity contribution in [2.45, 2.75) is 49.4 Å². The van der Waals surface area contributed by atoms with Crippen LogP contribution in [0.15, 0.2) is 29.7 Å². The van der Waals surface area contributed by atoms with E-state index in [1.807, 2.05) is 0 Å². The number of imidazole rings is 2. The molecule has 23 heteroatoms. The summed E-state index contributed by atoms with van der Waals surface area (Å²) in [6.45, 7) is -1.23. The van der Waals surface area contributed by atoms with Crippen LogP contribution >= 0.6 is 15.4 Å². The van der Waals surface area contributed by atoms with Crippen LogP contribution < -0.4 is 17.0 Å². The lowest BCUT2D eigenvalue weighted by atomic mass is 10.1. The standard InChI is InChI=1S/C22H27N9O12P2/c23-9-1-2-25-18-14(9)26-6-30(18)13-3-10-11(41-13)4-40-45(36,37)43-17-16(32)12(5-39-44(34,35)8-38-10)42-21(17)31-7-27-15-19(31)28-22(24)29-20(15)33/h1-2,6-7,10-13,16-17,21,32H,3-5,8H2,(H2,23,25)(H,34,35)(H,36,37)(H3,24,28,29,33)/t10-,11-,12-,13-,16+,17?,21-/m1/s1. The van der Waals surface area contributed by atoms with Gasteiger partial charge in [0.05, 0.1) is 37.7 Å². The Morgan fingerprint density at radius 2 is 1.71 bits per heavy atom. The normalized spacial score (nSPS) is 36.3. The maximum Gasteiger partial charge on any atom is 0.472 e. The highest BCUT2D eigenvalue weighted by molar-refractivity contribution is 7.52. The summed E-state index contributed by atoms with van der Waals surface area (Å²) in [5, 5.41) is 11.1. The summed E-state index contributed by atoms with van der Waals surface area (Å²) in [5.41, 5.74) is 12.0. The second-order valence-corrected chi connectivity index (χ2v) is 13.7. The van der Waals surface area contributed by atoms with Crippen molar-refractivity contribution in [1.29, 1.82) is 0 Å². The lowest BCUT2D eigenvalue weighted by Gasteiger charge is -2.26. The van der Waals surface area contributed by atoms with Crippen LogP contribution in [-0.2, 0) is 36.9 Å². The number of aromatic nitrogens is 7. The monoisotopic (exact) mass is 671 g/mol. The van der Waals surface area contributed by atoms with E-state index in [1.165, 1.54) is 12.5 Å². The molecule has 0 aromatic carbocycles. The summed E-state index contributed by atoms with van der Waals surface area (Å²) < 4.78 is 62.4. The minimum Gasteiger partial charge on any atom is -0.397 e. The first-order valence-corrected chi connectivity index (χ1v) is 16.7. The Morgan fingerprint density at radius 3 is 2.53 bits per heavy atom. The zero-order valence-corrected chi connectivity index (χ0v) is 24.7. The molecule has 0 amide bonds. The molecule has 4 aromatic rings. The molecule has 7 rings (SSSR count). The van der Waals surface area contributed by atoms with Gasteiger partial charge in [-0.05, 0) is 6.07 Å². The van der Waals surface area contributed by atoms with Gasteiger partial charge in [-0.1, -0.05) is 0 Å². The number of hydrogen-bond acceptors (Lipinski definition) is 16. The van der Waals surface area contributed by atoms with Gasteiger partial charge in [0, 0.05) is 12.6 Å². The SMILES string of the molecule is Nc1nc2c(ncn2[C@@H]2O[C@@H]3COP(=O)(O)CO[C@@H]4C[C@H](n5cnc6c(N)ccnc65)O[C@@H]4COP(=O)(O)OC2[C@H]3O)c(=O)[nH]1. The molecule has 0 aliphatic carbocycles. The summed E-state index contributed by atoms with van der Waals surface area (Å²) in [5.74, 6) is -0.256. The molecule has 3 aliphatic heterocycles. The molecule has 3 fully saturated rings. The van der Waals surface area contributed by atoms with Crippen LogP contribution in [-0.4, -0.2) is 99.0 Å². The molecule has 21 nitrogen and oxygen atoms in total. The summed E-state index contributed by atoms with van der Waals surface area (Å²) in [6, 6.07) is 1.59. The third-order valence-corrected chi connectivity index (χ3v) is 9.58. The fourth-order valence-electron chi connectivity index (χ4n) is 5.45. The summed E-state index contributed by atoms with van der Waals surface area (Å²) in [4.78, 5) is 52.5. The number of nitrogens with zero attached hydrogens (tertiary/aromatic N) is 6. The number of fused-ring (bicyclic) bond motifs is 5. The Labute approximate surface area is 251 Å². The average molecular weight is 671 g/mol. The van der Waals surface area contributed by atoms with Crippen molar-refractivity contribution < 1.29 is 51.8 Å². The second kappa shape index (κ2) is 11.2. The fourth-order valence-corrected chi connectivity index (χ4v) is 7.22. The molecule has 0 spiro atoms. The topological polar surface area (TPSA) is 297 Å². The number of hydrogen-bond donors (Lipinski definition) is 6. The number of nitrogen functional groups attached to an aromatic ring is 2. The lowest BCUT2D eigenvalue weighted by Crippen LogP contribution is -2.36. The van der Waals surface area contributed by atoms with Crippen LogP contribution in [0.5, 0.6) is 0 Å². The maximum absolute atomic E-state index is 13.2. The molecular formula is C22H27N9O12P2. The molecule has 2 bridgehead atoms. The van der Waals surface area contributed by atoms with Crippen molar-refractivity contribution in [2.75, 3.05) is 31.0 Å². The highest BCUT2D eigenvalue weighted by Crippen LogP contribution is 2.51. The van der Waals surface area contributed by atoms with E-state index in [0.29, 0.717) is 16.9 Å². The highest BCUT2D eigenvalue weighted by atomic mass is 31.2. The van der Waals surface area contributed by atoms with Crippen molar-refractivity contribution in [3.05, 3.63) is 35.3 Å². The minimum atomic E-state index is -4.98. The Kier molecular flexibility index (Phi) is 7.53. The quantitative estimate of drug-likeness (QED) is 0.144. The van der Waals surface area contributed by atoms with E-state index in [-0.39, 0.29) is 23.5 Å². The van der Waals surface area contributed by atoms with Gasteiger partial charge in [0.2, 0.25) is 5.95 Å². The number of phosphoric ester groups is 1. The van der Waals surface area contributed by atoms with E-state index in [4.69, 9.17) is 39.2 Å². The molecule has 45 heavy (non-hydrogen) atoms. The van der Waals surface area contributed by atoms with E-state index in [2.05, 4.69) is 24.9 Å². The van der Waals surface area contributed by atoms with Crippen LogP contribution in [0.4, 0.5) is 11.6 Å². The third kappa shape index (κ3) is 5.66. The van der Waals surface area contributed by atoms with Gasteiger partial charge >= 0.3 is 15.4 Å². The van der Waals surface area contributed by atoms with Crippen molar-refractivity contribution in [2.24, 2.45) is 0 Å². The molecule has 8 N–H and O–H groups in total. The first kappa shape index (κ1) is 30.3. The number of pyridine rings is 1. The van der Waals surface area contributed by atoms with Crippen molar-refractivity contribution >= 4 is 49.4 Å². The van der Waals surface area contributed by atoms with Crippen molar-refractivity contribution in [3.63, 3.8) is 0 Å². The Morgan fingerprint density at radius 1 is 0.956 bits per heavy atom. The van der Waals surface area contributed by atoms with Gasteiger partial charge < -0.3 is 45.1 Å². The molecule has 3 aliphatic rings. The number of aromatic amines is 1. The van der Waals surface area contributed by atoms with Crippen LogP contribution in [0.25, 0.3) is 22.3 Å². The zero-order valence-electron chi connectivity index (χ0n) is 22.9. The molecule has 0 radical (unpaired) electrons. The molecule has 4 aromatic heterocycles. The number of aliphatic hydroxyl groups is 1. The number of nitrogens with two attached hydrogens (primary N) is 2. The van der Waals surface area contributed by atoms with Gasteiger partial charge in [0.15, 0.2) is 23.0 Å². The number of anilines is 2. The van der Waals surface area contributed by atoms with Gasteiger partial charge in [0.25, 0.3) is 5.56 Å². The Hall–Kier alpha value is -3.33. The number of H-pyrrole nitrogens is 1.